The average Bonchev–Trinajstić information content (AvgIpc) is 2.54. The highest BCUT2D eigenvalue weighted by atomic mass is 35.5. The third-order valence-electron chi connectivity index (χ3n) is 2.96. The van der Waals surface area contributed by atoms with Gasteiger partial charge in [-0.3, -0.25) is 4.79 Å². The van der Waals surface area contributed by atoms with Gasteiger partial charge in [-0.1, -0.05) is 17.7 Å². The van der Waals surface area contributed by atoms with Crippen molar-refractivity contribution in [2.24, 2.45) is 0 Å². The quantitative estimate of drug-likeness (QED) is 0.820. The molecule has 0 radical (unpaired) electrons. The summed E-state index contributed by atoms with van der Waals surface area (Å²) in [5.41, 5.74) is 0.566. The van der Waals surface area contributed by atoms with Crippen molar-refractivity contribution in [3.05, 3.63) is 59.1 Å². The number of rotatable bonds is 5. The van der Waals surface area contributed by atoms with Gasteiger partial charge in [0.05, 0.1) is 10.5 Å². The van der Waals surface area contributed by atoms with Crippen LogP contribution in [-0.2, 0) is 19.4 Å². The standard InChI is InChI=1S/C16H14ClNO5S/c1-24(21,22)14-4-2-3-11(9-14)16(20)23-10-15(19)18-13-7-5-12(17)6-8-13/h2-9H,10H2,1H3,(H,18,19). The van der Waals surface area contributed by atoms with Gasteiger partial charge in [-0.25, -0.2) is 13.2 Å². The SMILES string of the molecule is CS(=O)(=O)c1cccc(C(=O)OCC(=O)Nc2ccc(Cl)cc2)c1. The Balaban J connectivity index is 1.95. The van der Waals surface area contributed by atoms with Crippen LogP contribution in [0.1, 0.15) is 10.4 Å². The van der Waals surface area contributed by atoms with E-state index in [0.717, 1.165) is 6.26 Å². The van der Waals surface area contributed by atoms with Gasteiger partial charge >= 0.3 is 5.97 Å². The Morgan fingerprint density at radius 2 is 1.79 bits per heavy atom. The summed E-state index contributed by atoms with van der Waals surface area (Å²) in [5, 5.41) is 3.07. The van der Waals surface area contributed by atoms with Crippen LogP contribution >= 0.6 is 11.6 Å². The first-order valence-electron chi connectivity index (χ1n) is 6.78. The second kappa shape index (κ2) is 7.46. The second-order valence-corrected chi connectivity index (χ2v) is 7.38. The largest absolute Gasteiger partial charge is 0.452 e. The van der Waals surface area contributed by atoms with E-state index >= 15 is 0 Å². The Morgan fingerprint density at radius 1 is 1.12 bits per heavy atom. The normalized spacial score (nSPS) is 10.9. The molecule has 6 nitrogen and oxygen atoms in total. The maximum absolute atomic E-state index is 11.9. The minimum atomic E-state index is -3.43. The molecule has 1 amide bonds. The van der Waals surface area contributed by atoms with E-state index in [0.29, 0.717) is 10.7 Å². The number of esters is 1. The molecule has 2 rings (SSSR count). The number of carbonyl (C=O) groups excluding carboxylic acids is 2. The van der Waals surface area contributed by atoms with Gasteiger partial charge in [0.15, 0.2) is 16.4 Å². The van der Waals surface area contributed by atoms with E-state index < -0.39 is 28.3 Å². The molecule has 0 aliphatic rings. The lowest BCUT2D eigenvalue weighted by Crippen LogP contribution is -2.21. The van der Waals surface area contributed by atoms with Crippen LogP contribution in [-0.4, -0.2) is 33.2 Å². The number of carbonyl (C=O) groups is 2. The van der Waals surface area contributed by atoms with Gasteiger partial charge in [0, 0.05) is 17.0 Å². The van der Waals surface area contributed by atoms with Crippen LogP contribution < -0.4 is 5.32 Å². The third-order valence-corrected chi connectivity index (χ3v) is 4.32. The van der Waals surface area contributed by atoms with E-state index in [1.807, 2.05) is 0 Å². The van der Waals surface area contributed by atoms with Gasteiger partial charge in [0.2, 0.25) is 0 Å². The smallest absolute Gasteiger partial charge is 0.338 e. The number of halogens is 1. The van der Waals surface area contributed by atoms with Crippen LogP contribution in [0.4, 0.5) is 5.69 Å². The van der Waals surface area contributed by atoms with Crippen molar-refractivity contribution in [3.8, 4) is 0 Å². The predicted octanol–water partition coefficient (Wildman–Crippen LogP) is 2.54. The summed E-state index contributed by atoms with van der Waals surface area (Å²) in [7, 11) is -3.43. The summed E-state index contributed by atoms with van der Waals surface area (Å²) < 4.78 is 27.8. The second-order valence-electron chi connectivity index (χ2n) is 4.93. The molecule has 0 saturated carbocycles. The Kier molecular flexibility index (Phi) is 5.58. The summed E-state index contributed by atoms with van der Waals surface area (Å²) in [6, 6.07) is 11.9. The molecule has 0 spiro atoms. The first-order valence-corrected chi connectivity index (χ1v) is 9.05. The van der Waals surface area contributed by atoms with Gasteiger partial charge in [-0.05, 0) is 42.5 Å². The summed E-state index contributed by atoms with van der Waals surface area (Å²) in [5.74, 6) is -1.31. The molecular weight excluding hydrogens is 354 g/mol. The number of ether oxygens (including phenoxy) is 1. The fourth-order valence-corrected chi connectivity index (χ4v) is 2.59. The number of sulfone groups is 1. The molecule has 0 saturated heterocycles. The van der Waals surface area contributed by atoms with Crippen LogP contribution in [0, 0.1) is 0 Å². The molecule has 8 heteroatoms. The minimum absolute atomic E-state index is 0.00238. The van der Waals surface area contributed by atoms with Crippen LogP contribution in [0.25, 0.3) is 0 Å². The molecule has 0 fully saturated rings. The van der Waals surface area contributed by atoms with Crippen LogP contribution in [0.2, 0.25) is 5.02 Å². The van der Waals surface area contributed by atoms with Crippen molar-refractivity contribution in [2.75, 3.05) is 18.2 Å². The Labute approximate surface area is 144 Å². The number of hydrogen-bond donors (Lipinski definition) is 1. The summed E-state index contributed by atoms with van der Waals surface area (Å²) >= 11 is 5.74. The van der Waals surface area contributed by atoms with Crippen LogP contribution in [0.3, 0.4) is 0 Å². The van der Waals surface area contributed by atoms with Crippen LogP contribution in [0.15, 0.2) is 53.4 Å². The zero-order valence-corrected chi connectivity index (χ0v) is 14.2. The molecule has 0 bridgehead atoms. The van der Waals surface area contributed by atoms with Gasteiger partial charge in [-0.15, -0.1) is 0 Å². The zero-order valence-electron chi connectivity index (χ0n) is 12.7. The molecule has 0 aromatic heterocycles. The molecule has 2 aromatic rings. The van der Waals surface area contributed by atoms with Crippen molar-refractivity contribution in [3.63, 3.8) is 0 Å². The number of nitrogens with one attached hydrogen (secondary N) is 1. The molecule has 2 aromatic carbocycles. The molecule has 0 unspecified atom stereocenters. The first kappa shape index (κ1) is 18.0. The number of benzene rings is 2. The van der Waals surface area contributed by atoms with E-state index in [-0.39, 0.29) is 10.5 Å². The maximum atomic E-state index is 11.9. The Bertz CT molecular complexity index is 862. The molecule has 0 heterocycles. The minimum Gasteiger partial charge on any atom is -0.452 e. The summed E-state index contributed by atoms with van der Waals surface area (Å²) in [6.07, 6.45) is 1.04. The summed E-state index contributed by atoms with van der Waals surface area (Å²) in [4.78, 5) is 23.7. The molecule has 24 heavy (non-hydrogen) atoms. The van der Waals surface area contributed by atoms with Crippen molar-refractivity contribution in [1.29, 1.82) is 0 Å². The van der Waals surface area contributed by atoms with Crippen molar-refractivity contribution < 1.29 is 22.7 Å². The Morgan fingerprint density at radius 3 is 2.42 bits per heavy atom. The van der Waals surface area contributed by atoms with E-state index in [9.17, 15) is 18.0 Å². The van der Waals surface area contributed by atoms with E-state index in [2.05, 4.69) is 5.32 Å². The number of hydrogen-bond acceptors (Lipinski definition) is 5. The fraction of sp³-hybridized carbons (Fsp3) is 0.125. The highest BCUT2D eigenvalue weighted by Crippen LogP contribution is 2.14. The van der Waals surface area contributed by atoms with E-state index in [1.54, 1.807) is 24.3 Å². The van der Waals surface area contributed by atoms with Gasteiger partial charge < -0.3 is 10.1 Å². The molecule has 1 N–H and O–H groups in total. The predicted molar refractivity (Wildman–Crippen MR) is 89.9 cm³/mol. The molecule has 0 aliphatic carbocycles. The van der Waals surface area contributed by atoms with Crippen molar-refractivity contribution >= 4 is 39.0 Å². The molecule has 126 valence electrons. The molecule has 0 aliphatic heterocycles. The van der Waals surface area contributed by atoms with Gasteiger partial charge in [0.1, 0.15) is 0 Å². The van der Waals surface area contributed by atoms with Gasteiger partial charge in [0.25, 0.3) is 5.91 Å². The third kappa shape index (κ3) is 5.07. The fourth-order valence-electron chi connectivity index (χ4n) is 1.80. The monoisotopic (exact) mass is 367 g/mol. The lowest BCUT2D eigenvalue weighted by molar-refractivity contribution is -0.119. The van der Waals surface area contributed by atoms with Crippen molar-refractivity contribution in [1.82, 2.24) is 0 Å². The van der Waals surface area contributed by atoms with Crippen LogP contribution in [0.5, 0.6) is 0 Å². The maximum Gasteiger partial charge on any atom is 0.338 e. The first-order chi connectivity index (χ1) is 11.3. The topological polar surface area (TPSA) is 89.5 Å². The van der Waals surface area contributed by atoms with E-state index in [4.69, 9.17) is 16.3 Å². The highest BCUT2D eigenvalue weighted by Gasteiger charge is 2.14. The summed E-state index contributed by atoms with van der Waals surface area (Å²) in [6.45, 7) is -0.495. The molecular formula is C16H14ClNO5S. The lowest BCUT2D eigenvalue weighted by Gasteiger charge is -2.07. The van der Waals surface area contributed by atoms with Crippen molar-refractivity contribution in [2.45, 2.75) is 4.90 Å². The Hall–Kier alpha value is -2.38. The van der Waals surface area contributed by atoms with Gasteiger partial charge in [-0.2, -0.15) is 0 Å². The van der Waals surface area contributed by atoms with E-state index in [1.165, 1.54) is 24.3 Å². The highest BCUT2D eigenvalue weighted by molar-refractivity contribution is 7.90. The molecule has 0 atom stereocenters. The lowest BCUT2D eigenvalue weighted by atomic mass is 10.2. The number of anilines is 1. The number of amides is 1. The average molecular weight is 368 g/mol. The zero-order chi connectivity index (χ0) is 17.7.